The number of rotatable bonds is 4. The number of methoxy groups -OCH3 is 1. The number of ether oxygens (including phenoxy) is 1. The summed E-state index contributed by atoms with van der Waals surface area (Å²) >= 11 is 0. The highest BCUT2D eigenvalue weighted by atomic mass is 16.5. The third-order valence-corrected chi connectivity index (χ3v) is 5.98. The molecule has 3 fully saturated rings. The molecule has 5 rings (SSSR count). The largest absolute Gasteiger partial charge is 0.618 e. The van der Waals surface area contributed by atoms with Gasteiger partial charge >= 0.3 is 0 Å². The van der Waals surface area contributed by atoms with Crippen molar-refractivity contribution in [3.63, 3.8) is 0 Å². The van der Waals surface area contributed by atoms with Crippen LogP contribution in [0.1, 0.15) is 24.5 Å². The fraction of sp³-hybridized carbons (Fsp3) is 0.450. The van der Waals surface area contributed by atoms with E-state index in [1.54, 1.807) is 25.3 Å². The summed E-state index contributed by atoms with van der Waals surface area (Å²) in [5.74, 6) is 1.80. The third kappa shape index (κ3) is 2.68. The molecule has 2 bridgehead atoms. The second kappa shape index (κ2) is 6.32. The van der Waals surface area contributed by atoms with Gasteiger partial charge in [0.2, 0.25) is 5.52 Å². The van der Waals surface area contributed by atoms with E-state index in [1.165, 1.54) is 12.6 Å². The average Bonchev–Trinajstić information content (AvgIpc) is 2.67. The zero-order valence-corrected chi connectivity index (χ0v) is 14.5. The van der Waals surface area contributed by atoms with Crippen molar-refractivity contribution in [2.45, 2.75) is 25.0 Å². The molecule has 25 heavy (non-hydrogen) atoms. The fourth-order valence-corrected chi connectivity index (χ4v) is 4.55. The van der Waals surface area contributed by atoms with Crippen LogP contribution in [0.4, 0.5) is 0 Å². The Hall–Kier alpha value is -2.11. The van der Waals surface area contributed by atoms with Gasteiger partial charge in [-0.05, 0) is 43.4 Å². The second-order valence-electron chi connectivity index (χ2n) is 7.17. The highest BCUT2D eigenvalue weighted by Gasteiger charge is 2.42. The van der Waals surface area contributed by atoms with Crippen LogP contribution in [0.5, 0.6) is 5.75 Å². The molecule has 0 radical (unpaired) electrons. The molecule has 0 spiro atoms. The maximum Gasteiger partial charge on any atom is 0.224 e. The highest BCUT2D eigenvalue weighted by molar-refractivity contribution is 5.81. The molecule has 4 heterocycles. The van der Waals surface area contributed by atoms with Crippen molar-refractivity contribution in [3.05, 3.63) is 53.9 Å². The van der Waals surface area contributed by atoms with Crippen LogP contribution < -0.4 is 9.47 Å². The molecule has 3 aliphatic heterocycles. The van der Waals surface area contributed by atoms with Gasteiger partial charge in [0.25, 0.3) is 0 Å². The minimum Gasteiger partial charge on any atom is -0.618 e. The lowest BCUT2D eigenvalue weighted by Gasteiger charge is -2.50. The normalized spacial score (nSPS) is 29.5. The standard InChI is InChI=1S/C20H24N2O3/c1-3-13-12-21-8-6-14(13)10-19(21)20(23)16-7-9-22(24)18-5-4-15(25-2)11-17(16)18/h3-5,7,9,11,13-14,19-20,23H,1,6,8,10,12H2,2H3. The Morgan fingerprint density at radius 3 is 2.96 bits per heavy atom. The number of nitrogens with zero attached hydrogens (tertiary/aromatic N) is 2. The van der Waals surface area contributed by atoms with Gasteiger partial charge in [-0.2, -0.15) is 4.73 Å². The minimum absolute atomic E-state index is 0.0897. The smallest absolute Gasteiger partial charge is 0.224 e. The zero-order valence-electron chi connectivity index (χ0n) is 14.5. The van der Waals surface area contributed by atoms with Gasteiger partial charge in [-0.15, -0.1) is 6.58 Å². The van der Waals surface area contributed by atoms with E-state index < -0.39 is 6.10 Å². The third-order valence-electron chi connectivity index (χ3n) is 5.98. The van der Waals surface area contributed by atoms with Gasteiger partial charge in [0, 0.05) is 30.3 Å². The summed E-state index contributed by atoms with van der Waals surface area (Å²) in [4.78, 5) is 2.38. The lowest BCUT2D eigenvalue weighted by molar-refractivity contribution is -0.577. The first-order valence-corrected chi connectivity index (χ1v) is 8.87. The van der Waals surface area contributed by atoms with Crippen LogP contribution in [0.3, 0.4) is 0 Å². The average molecular weight is 340 g/mol. The van der Waals surface area contributed by atoms with Gasteiger partial charge in [0.05, 0.1) is 18.6 Å². The van der Waals surface area contributed by atoms with Crippen molar-refractivity contribution in [2.75, 3.05) is 20.2 Å². The topological polar surface area (TPSA) is 59.6 Å². The van der Waals surface area contributed by atoms with Gasteiger partial charge < -0.3 is 15.1 Å². The molecule has 5 heteroatoms. The molecular weight excluding hydrogens is 316 g/mol. The number of fused-ring (bicyclic) bond motifs is 4. The maximum absolute atomic E-state index is 12.1. The molecule has 1 aromatic carbocycles. The summed E-state index contributed by atoms with van der Waals surface area (Å²) in [6.07, 6.45) is 5.06. The monoisotopic (exact) mass is 340 g/mol. The maximum atomic E-state index is 12.1. The first-order valence-electron chi connectivity index (χ1n) is 8.87. The van der Waals surface area contributed by atoms with Gasteiger partial charge in [0.15, 0.2) is 6.20 Å². The first kappa shape index (κ1) is 16.4. The van der Waals surface area contributed by atoms with Crippen LogP contribution in [0, 0.1) is 17.0 Å². The molecule has 132 valence electrons. The van der Waals surface area contributed by atoms with Crippen LogP contribution in [0.15, 0.2) is 43.1 Å². The van der Waals surface area contributed by atoms with E-state index >= 15 is 0 Å². The van der Waals surface area contributed by atoms with Crippen molar-refractivity contribution < 1.29 is 14.6 Å². The number of aromatic nitrogens is 1. The number of pyridine rings is 1. The molecule has 0 amide bonds. The molecule has 5 nitrogen and oxygen atoms in total. The van der Waals surface area contributed by atoms with E-state index in [9.17, 15) is 10.3 Å². The molecule has 1 aromatic heterocycles. The Morgan fingerprint density at radius 1 is 1.44 bits per heavy atom. The van der Waals surface area contributed by atoms with E-state index in [4.69, 9.17) is 4.74 Å². The summed E-state index contributed by atoms with van der Waals surface area (Å²) in [7, 11) is 1.60. The molecule has 5 unspecified atom stereocenters. The Kier molecular flexibility index (Phi) is 4.13. The lowest BCUT2D eigenvalue weighted by Crippen LogP contribution is -2.54. The van der Waals surface area contributed by atoms with Crippen LogP contribution in [0.25, 0.3) is 10.9 Å². The lowest BCUT2D eigenvalue weighted by atomic mass is 9.73. The van der Waals surface area contributed by atoms with Crippen molar-refractivity contribution in [1.29, 1.82) is 0 Å². The predicted octanol–water partition coefficient (Wildman–Crippen LogP) is 2.41. The number of hydrogen-bond acceptors (Lipinski definition) is 4. The van der Waals surface area contributed by atoms with E-state index in [2.05, 4.69) is 17.6 Å². The van der Waals surface area contributed by atoms with Gasteiger partial charge in [-0.3, -0.25) is 4.90 Å². The first-order chi connectivity index (χ1) is 12.1. The summed E-state index contributed by atoms with van der Waals surface area (Å²) in [6, 6.07) is 7.19. The van der Waals surface area contributed by atoms with E-state index in [1.807, 2.05) is 6.07 Å². The number of aliphatic hydroxyl groups is 1. The summed E-state index contributed by atoms with van der Waals surface area (Å²) in [5.41, 5.74) is 1.35. The van der Waals surface area contributed by atoms with E-state index in [-0.39, 0.29) is 6.04 Å². The fourth-order valence-electron chi connectivity index (χ4n) is 4.55. The van der Waals surface area contributed by atoms with Crippen molar-refractivity contribution >= 4 is 10.9 Å². The van der Waals surface area contributed by atoms with Crippen LogP contribution in [-0.2, 0) is 0 Å². The molecule has 5 atom stereocenters. The van der Waals surface area contributed by atoms with Crippen LogP contribution in [0.2, 0.25) is 0 Å². The number of benzene rings is 1. The number of piperidine rings is 3. The van der Waals surface area contributed by atoms with Crippen molar-refractivity contribution in [1.82, 2.24) is 4.90 Å². The quantitative estimate of drug-likeness (QED) is 0.527. The van der Waals surface area contributed by atoms with Crippen LogP contribution in [-0.4, -0.2) is 36.2 Å². The number of hydrogen-bond donors (Lipinski definition) is 1. The highest BCUT2D eigenvalue weighted by Crippen LogP contribution is 2.42. The molecule has 3 aliphatic rings. The van der Waals surface area contributed by atoms with Gasteiger partial charge in [0.1, 0.15) is 5.75 Å². The molecule has 0 aliphatic carbocycles. The van der Waals surface area contributed by atoms with E-state index in [0.717, 1.165) is 35.2 Å². The summed E-state index contributed by atoms with van der Waals surface area (Å²) in [6.45, 7) is 5.94. The van der Waals surface area contributed by atoms with Crippen molar-refractivity contribution in [3.8, 4) is 5.75 Å². The van der Waals surface area contributed by atoms with Gasteiger partial charge in [-0.1, -0.05) is 6.08 Å². The summed E-state index contributed by atoms with van der Waals surface area (Å²) in [5, 5.41) is 24.0. The van der Waals surface area contributed by atoms with Crippen molar-refractivity contribution in [2.24, 2.45) is 11.8 Å². The molecule has 1 N–H and O–H groups in total. The molecule has 3 saturated heterocycles. The molecule has 2 aromatic rings. The van der Waals surface area contributed by atoms with E-state index in [0.29, 0.717) is 23.1 Å². The summed E-state index contributed by atoms with van der Waals surface area (Å²) < 4.78 is 6.15. The second-order valence-corrected chi connectivity index (χ2v) is 7.17. The van der Waals surface area contributed by atoms with Gasteiger partial charge in [-0.25, -0.2) is 0 Å². The SMILES string of the molecule is C=CC1CN2CCC1CC2C(O)c1cc[n+]([O-])c2ccc(OC)cc12. The Balaban J connectivity index is 1.72. The Bertz CT molecular complexity index is 807. The Morgan fingerprint density at radius 2 is 2.28 bits per heavy atom. The Labute approximate surface area is 147 Å². The minimum atomic E-state index is -0.621. The zero-order chi connectivity index (χ0) is 17.6. The molecule has 0 saturated carbocycles. The molecular formula is C20H24N2O3. The predicted molar refractivity (Wildman–Crippen MR) is 96.2 cm³/mol. The number of aliphatic hydroxyl groups excluding tert-OH is 1. The van der Waals surface area contributed by atoms with Crippen LogP contribution >= 0.6 is 0 Å².